The molecule has 132 valence electrons. The lowest BCUT2D eigenvalue weighted by Crippen LogP contribution is -2.45. The van der Waals surface area contributed by atoms with Crippen molar-refractivity contribution in [3.05, 3.63) is 24.0 Å². The van der Waals surface area contributed by atoms with Crippen LogP contribution in [0.4, 0.5) is 5.69 Å². The van der Waals surface area contributed by atoms with Crippen LogP contribution in [0.1, 0.15) is 31.3 Å². The molecule has 0 aromatic carbocycles. The Bertz CT molecular complexity index is 597. The maximum atomic E-state index is 12.5. The summed E-state index contributed by atoms with van der Waals surface area (Å²) in [6, 6.07) is 3.64. The highest BCUT2D eigenvalue weighted by atomic mass is 16.5. The molecule has 24 heavy (non-hydrogen) atoms. The number of carbonyl (C=O) groups excluding carboxylic acids is 1. The van der Waals surface area contributed by atoms with Crippen LogP contribution in [0.5, 0.6) is 0 Å². The average Bonchev–Trinajstić information content (AvgIpc) is 2.53. The molecular formula is C17H25N3O4. The van der Waals surface area contributed by atoms with Crippen molar-refractivity contribution >= 4 is 17.6 Å². The molecule has 2 heterocycles. The van der Waals surface area contributed by atoms with Gasteiger partial charge in [-0.1, -0.05) is 6.92 Å². The number of pyridine rings is 1. The lowest BCUT2D eigenvalue weighted by molar-refractivity contribution is -0.141. The van der Waals surface area contributed by atoms with Crippen LogP contribution < -0.4 is 4.90 Å². The fourth-order valence-electron chi connectivity index (χ4n) is 2.89. The van der Waals surface area contributed by atoms with Crippen LogP contribution in [0.25, 0.3) is 0 Å². The molecular weight excluding hydrogens is 310 g/mol. The molecule has 1 N–H and O–H groups in total. The number of rotatable bonds is 5. The second-order valence-corrected chi connectivity index (χ2v) is 6.49. The quantitative estimate of drug-likeness (QED) is 0.878. The zero-order valence-electron chi connectivity index (χ0n) is 14.6. The van der Waals surface area contributed by atoms with E-state index in [4.69, 9.17) is 9.84 Å². The van der Waals surface area contributed by atoms with Gasteiger partial charge in [0.1, 0.15) is 5.69 Å². The Kier molecular flexibility index (Phi) is 5.77. The van der Waals surface area contributed by atoms with Crippen LogP contribution >= 0.6 is 0 Å². The van der Waals surface area contributed by atoms with Crippen molar-refractivity contribution in [1.82, 2.24) is 9.88 Å². The lowest BCUT2D eigenvalue weighted by Gasteiger charge is -2.36. The summed E-state index contributed by atoms with van der Waals surface area (Å²) < 4.78 is 5.73. The van der Waals surface area contributed by atoms with E-state index in [1.807, 2.05) is 19.9 Å². The second kappa shape index (κ2) is 7.61. The summed E-state index contributed by atoms with van der Waals surface area (Å²) in [5, 5.41) is 8.98. The van der Waals surface area contributed by atoms with Gasteiger partial charge in [-0.2, -0.15) is 0 Å². The molecule has 3 atom stereocenters. The predicted octanol–water partition coefficient (Wildman–Crippen LogP) is 1.49. The summed E-state index contributed by atoms with van der Waals surface area (Å²) in [4.78, 5) is 31.2. The summed E-state index contributed by atoms with van der Waals surface area (Å²) in [7, 11) is 1.59. The Balaban J connectivity index is 2.11. The molecule has 1 fully saturated rings. The first-order valence-electron chi connectivity index (χ1n) is 8.12. The van der Waals surface area contributed by atoms with Crippen LogP contribution in [0, 0.1) is 5.92 Å². The van der Waals surface area contributed by atoms with Crippen LogP contribution in [0.15, 0.2) is 18.3 Å². The van der Waals surface area contributed by atoms with Gasteiger partial charge >= 0.3 is 5.97 Å². The zero-order valence-corrected chi connectivity index (χ0v) is 14.6. The average molecular weight is 335 g/mol. The Morgan fingerprint density at radius 1 is 1.42 bits per heavy atom. The Hall–Kier alpha value is -2.15. The minimum Gasteiger partial charge on any atom is -0.481 e. The SMILES string of the molecule is CC1CN(c2ccnc(C(=O)N(C)CC(C)C(=O)O)c2)CC(C)O1. The van der Waals surface area contributed by atoms with E-state index in [1.54, 1.807) is 26.2 Å². The number of hydrogen-bond acceptors (Lipinski definition) is 5. The van der Waals surface area contributed by atoms with E-state index in [-0.39, 0.29) is 24.7 Å². The third-order valence-electron chi connectivity index (χ3n) is 4.06. The van der Waals surface area contributed by atoms with E-state index >= 15 is 0 Å². The number of amides is 1. The molecule has 1 saturated heterocycles. The number of aromatic nitrogens is 1. The topological polar surface area (TPSA) is 83.0 Å². The number of nitrogens with zero attached hydrogens (tertiary/aromatic N) is 3. The van der Waals surface area contributed by atoms with Gasteiger partial charge in [-0.05, 0) is 26.0 Å². The molecule has 0 aliphatic carbocycles. The van der Waals surface area contributed by atoms with Gasteiger partial charge in [-0.25, -0.2) is 0 Å². The van der Waals surface area contributed by atoms with E-state index in [0.717, 1.165) is 18.8 Å². The summed E-state index contributed by atoms with van der Waals surface area (Å²) in [6.45, 7) is 7.29. The number of hydrogen-bond donors (Lipinski definition) is 1. The third kappa shape index (κ3) is 4.44. The fraction of sp³-hybridized carbons (Fsp3) is 0.588. The standard InChI is InChI=1S/C17H25N3O4/c1-11(17(22)23)8-19(4)16(21)15-7-14(5-6-18-15)20-9-12(2)24-13(3)10-20/h5-7,11-13H,8-10H2,1-4H3,(H,22,23). The van der Waals surface area contributed by atoms with Crippen LogP contribution in [0.3, 0.4) is 0 Å². The largest absolute Gasteiger partial charge is 0.481 e. The van der Waals surface area contributed by atoms with Gasteiger partial charge in [0.2, 0.25) is 0 Å². The number of carboxylic acids is 1. The molecule has 2 rings (SSSR count). The van der Waals surface area contributed by atoms with E-state index in [0.29, 0.717) is 5.69 Å². The zero-order chi connectivity index (χ0) is 17.9. The summed E-state index contributed by atoms with van der Waals surface area (Å²) >= 11 is 0. The molecule has 0 bridgehead atoms. The van der Waals surface area contributed by atoms with Crippen molar-refractivity contribution in [3.8, 4) is 0 Å². The van der Waals surface area contributed by atoms with Gasteiger partial charge in [-0.15, -0.1) is 0 Å². The first-order valence-corrected chi connectivity index (χ1v) is 8.12. The highest BCUT2D eigenvalue weighted by Gasteiger charge is 2.24. The predicted molar refractivity (Wildman–Crippen MR) is 90.2 cm³/mol. The molecule has 0 saturated carbocycles. The highest BCUT2D eigenvalue weighted by Crippen LogP contribution is 2.21. The minimum absolute atomic E-state index is 0.125. The Morgan fingerprint density at radius 3 is 2.62 bits per heavy atom. The Labute approximate surface area is 142 Å². The maximum absolute atomic E-state index is 12.5. The van der Waals surface area contributed by atoms with Gasteiger partial charge < -0.3 is 19.6 Å². The molecule has 1 aromatic rings. The normalized spacial score (nSPS) is 22.1. The van der Waals surface area contributed by atoms with Crippen molar-refractivity contribution in [2.24, 2.45) is 5.92 Å². The molecule has 1 aliphatic heterocycles. The molecule has 3 unspecified atom stereocenters. The number of morpholine rings is 1. The van der Waals surface area contributed by atoms with Crippen molar-refractivity contribution in [2.45, 2.75) is 33.0 Å². The van der Waals surface area contributed by atoms with Gasteiger partial charge in [-0.3, -0.25) is 14.6 Å². The lowest BCUT2D eigenvalue weighted by atomic mass is 10.1. The summed E-state index contributed by atoms with van der Waals surface area (Å²) in [6.07, 6.45) is 1.86. The smallest absolute Gasteiger partial charge is 0.308 e. The van der Waals surface area contributed by atoms with Crippen molar-refractivity contribution in [1.29, 1.82) is 0 Å². The van der Waals surface area contributed by atoms with Crippen molar-refractivity contribution < 1.29 is 19.4 Å². The van der Waals surface area contributed by atoms with Gasteiger partial charge in [0.05, 0.1) is 18.1 Å². The molecule has 0 spiro atoms. The van der Waals surface area contributed by atoms with E-state index in [9.17, 15) is 9.59 Å². The monoisotopic (exact) mass is 335 g/mol. The van der Waals surface area contributed by atoms with Crippen molar-refractivity contribution in [2.75, 3.05) is 31.6 Å². The minimum atomic E-state index is -0.923. The van der Waals surface area contributed by atoms with Crippen LogP contribution in [-0.2, 0) is 9.53 Å². The Morgan fingerprint density at radius 2 is 2.04 bits per heavy atom. The highest BCUT2D eigenvalue weighted by molar-refractivity contribution is 5.93. The first kappa shape index (κ1) is 18.2. The van der Waals surface area contributed by atoms with Gasteiger partial charge in [0, 0.05) is 38.6 Å². The summed E-state index contributed by atoms with van der Waals surface area (Å²) in [5.41, 5.74) is 1.24. The van der Waals surface area contributed by atoms with Gasteiger partial charge in [0.15, 0.2) is 0 Å². The molecule has 1 aliphatic rings. The van der Waals surface area contributed by atoms with Crippen LogP contribution in [-0.4, -0.2) is 65.8 Å². The third-order valence-corrected chi connectivity index (χ3v) is 4.06. The van der Waals surface area contributed by atoms with E-state index < -0.39 is 11.9 Å². The first-order chi connectivity index (χ1) is 11.3. The van der Waals surface area contributed by atoms with Crippen molar-refractivity contribution in [3.63, 3.8) is 0 Å². The van der Waals surface area contributed by atoms with E-state index in [1.165, 1.54) is 4.90 Å². The number of ether oxygens (including phenoxy) is 1. The number of aliphatic carboxylic acids is 1. The molecule has 1 aromatic heterocycles. The van der Waals surface area contributed by atoms with E-state index in [2.05, 4.69) is 9.88 Å². The molecule has 1 amide bonds. The fourth-order valence-corrected chi connectivity index (χ4v) is 2.89. The number of carboxylic acid groups (broad SMARTS) is 1. The molecule has 7 heteroatoms. The molecule has 0 radical (unpaired) electrons. The number of anilines is 1. The second-order valence-electron chi connectivity index (χ2n) is 6.49. The summed E-state index contributed by atoms with van der Waals surface area (Å²) in [5.74, 6) is -1.82. The molecule has 7 nitrogen and oxygen atoms in total. The van der Waals surface area contributed by atoms with Crippen LogP contribution in [0.2, 0.25) is 0 Å². The van der Waals surface area contributed by atoms with Gasteiger partial charge in [0.25, 0.3) is 5.91 Å². The number of carbonyl (C=O) groups is 2. The maximum Gasteiger partial charge on any atom is 0.308 e.